The summed E-state index contributed by atoms with van der Waals surface area (Å²) >= 11 is 0. The molecule has 0 unspecified atom stereocenters. The quantitative estimate of drug-likeness (QED) is 0.234. The molecule has 0 bridgehead atoms. The third kappa shape index (κ3) is 3.95. The lowest BCUT2D eigenvalue weighted by Crippen LogP contribution is -2.93. The second-order valence-electron chi connectivity index (χ2n) is 16.3. The van der Waals surface area contributed by atoms with Gasteiger partial charge in [0.15, 0.2) is 8.07 Å². The van der Waals surface area contributed by atoms with Crippen molar-refractivity contribution in [3.05, 3.63) is 199 Å². The van der Waals surface area contributed by atoms with Crippen LogP contribution < -0.4 is 53.5 Å². The van der Waals surface area contributed by atoms with Crippen LogP contribution in [-0.4, -0.2) is 26.1 Å². The molecule has 0 aliphatic carbocycles. The third-order valence-electron chi connectivity index (χ3n) is 13.5. The molecule has 0 atom stereocenters. The normalized spacial score (nSPS) is 15.3. The van der Waals surface area contributed by atoms with Gasteiger partial charge in [-0.05, 0) is 56.1 Å². The highest BCUT2D eigenvalue weighted by Crippen LogP contribution is 2.34. The van der Waals surface area contributed by atoms with Crippen LogP contribution in [-0.2, 0) is 5.41 Å². The maximum absolute atomic E-state index is 2.82. The second-order valence-corrected chi connectivity index (χ2v) is 20.0. The van der Waals surface area contributed by atoms with Gasteiger partial charge in [0.25, 0.3) is 0 Å². The van der Waals surface area contributed by atoms with Crippen LogP contribution in [0.2, 0.25) is 0 Å². The van der Waals surface area contributed by atoms with Crippen LogP contribution in [0.25, 0.3) is 27.5 Å². The minimum absolute atomic E-state index is 0.0961. The number of hydrogen-bond acceptors (Lipinski definition) is 0. The first-order valence-corrected chi connectivity index (χ1v) is 21.7. The molecule has 1 nitrogen and oxygen atoms in total. The SMILES string of the molecule is CC1(C)c2ccccc2B2c3ccccc3[Si]3(c4ccccc4B(c4ccc5c6ccccc6n(-c6ccccc6)c5c4)c4ccccc43)c3cccc1c32. The molecule has 1 aromatic heterocycles. The zero-order chi connectivity index (χ0) is 36.5. The minimum atomic E-state index is -2.82. The largest absolute Gasteiger partial charge is 0.309 e. The van der Waals surface area contributed by atoms with Crippen molar-refractivity contribution in [1.29, 1.82) is 0 Å². The Kier molecular flexibility index (Phi) is 6.38. The molecule has 0 amide bonds. The molecule has 0 saturated carbocycles. The molecule has 0 N–H and O–H groups in total. The van der Waals surface area contributed by atoms with Gasteiger partial charge in [-0.25, -0.2) is 0 Å². The van der Waals surface area contributed by atoms with Crippen molar-refractivity contribution >= 4 is 96.8 Å². The average molecular weight is 714 g/mol. The Bertz CT molecular complexity index is 3000. The van der Waals surface area contributed by atoms with Gasteiger partial charge >= 0.3 is 0 Å². The summed E-state index contributed by atoms with van der Waals surface area (Å²) in [5.41, 5.74) is 15.2. The Morgan fingerprint density at radius 3 is 1.65 bits per heavy atom. The van der Waals surface area contributed by atoms with Gasteiger partial charge in [0, 0.05) is 21.9 Å². The minimum Gasteiger partial charge on any atom is -0.309 e. The Balaban J connectivity index is 1.17. The molecule has 4 heterocycles. The van der Waals surface area contributed by atoms with Crippen LogP contribution in [0, 0.1) is 0 Å². The number of aromatic nitrogens is 1. The first-order chi connectivity index (χ1) is 27.1. The lowest BCUT2D eigenvalue weighted by atomic mass is 9.31. The molecular formula is C51H37B2NSi. The lowest BCUT2D eigenvalue weighted by molar-refractivity contribution is 0.646. The number of hydrogen-bond donors (Lipinski definition) is 0. The van der Waals surface area contributed by atoms with E-state index in [1.54, 1.807) is 10.6 Å². The molecule has 1 spiro atoms. The van der Waals surface area contributed by atoms with Crippen molar-refractivity contribution in [1.82, 2.24) is 4.57 Å². The van der Waals surface area contributed by atoms with E-state index in [-0.39, 0.29) is 18.8 Å². The fraction of sp³-hybridized carbons (Fsp3) is 0.0588. The summed E-state index contributed by atoms with van der Waals surface area (Å²) in [4.78, 5) is 0. The molecule has 3 aliphatic heterocycles. The van der Waals surface area contributed by atoms with Crippen molar-refractivity contribution in [3.8, 4) is 5.69 Å². The summed E-state index contributed by atoms with van der Waals surface area (Å²) in [6, 6.07) is 72.2. The fourth-order valence-corrected chi connectivity index (χ4v) is 17.2. The molecule has 4 heteroatoms. The van der Waals surface area contributed by atoms with E-state index in [4.69, 9.17) is 0 Å². The highest BCUT2D eigenvalue weighted by atomic mass is 28.3. The Labute approximate surface area is 324 Å². The van der Waals surface area contributed by atoms with Gasteiger partial charge in [-0.3, -0.25) is 0 Å². The number of para-hydroxylation sites is 2. The summed E-state index contributed by atoms with van der Waals surface area (Å²) in [5.74, 6) is 0. The predicted molar refractivity (Wildman–Crippen MR) is 239 cm³/mol. The van der Waals surface area contributed by atoms with Crippen LogP contribution in [0.4, 0.5) is 0 Å². The third-order valence-corrected chi connectivity index (χ3v) is 18.5. The Hall–Kier alpha value is -6.09. The van der Waals surface area contributed by atoms with E-state index in [2.05, 4.69) is 206 Å². The van der Waals surface area contributed by atoms with Gasteiger partial charge in [0.2, 0.25) is 13.4 Å². The number of fused-ring (bicyclic) bond motifs is 13. The second kappa shape index (κ2) is 11.2. The van der Waals surface area contributed by atoms with Crippen LogP contribution in [0.15, 0.2) is 188 Å². The molecule has 0 fully saturated rings. The van der Waals surface area contributed by atoms with Gasteiger partial charge < -0.3 is 4.57 Å². The van der Waals surface area contributed by atoms with Crippen molar-refractivity contribution in [2.24, 2.45) is 0 Å². The van der Waals surface area contributed by atoms with E-state index in [1.807, 2.05) is 0 Å². The monoisotopic (exact) mass is 713 g/mol. The van der Waals surface area contributed by atoms with E-state index in [9.17, 15) is 0 Å². The van der Waals surface area contributed by atoms with Gasteiger partial charge in [0.1, 0.15) is 0 Å². The number of rotatable bonds is 2. The maximum Gasteiger partial charge on any atom is 0.241 e. The first kappa shape index (κ1) is 31.3. The molecule has 3 aliphatic rings. The summed E-state index contributed by atoms with van der Waals surface area (Å²) in [6.07, 6.45) is 0. The van der Waals surface area contributed by atoms with Crippen molar-refractivity contribution < 1.29 is 0 Å². The maximum atomic E-state index is 2.52. The number of benzene rings is 8. The molecule has 0 saturated heterocycles. The van der Waals surface area contributed by atoms with Gasteiger partial charge in [0.05, 0.1) is 11.0 Å². The Morgan fingerprint density at radius 1 is 0.418 bits per heavy atom. The molecule has 9 aromatic rings. The molecule has 0 radical (unpaired) electrons. The standard InChI is InChI=1S/C51H37B2NSi/c1-51(2)38-20-7-8-22-40(38)53-43-25-11-15-29-48(43)55(49-30-16-21-39(51)50(49)53)46-27-13-9-23-41(46)52(42-24-10-14-28-47(42)55)34-31-32-37-36-19-6-12-26-44(36)54(45(37)33-34)35-17-4-3-5-18-35/h3-33H,1-2H3. The van der Waals surface area contributed by atoms with E-state index >= 15 is 0 Å². The van der Waals surface area contributed by atoms with Crippen molar-refractivity contribution in [3.63, 3.8) is 0 Å². The highest BCUT2D eigenvalue weighted by Gasteiger charge is 2.57. The molecule has 55 heavy (non-hydrogen) atoms. The zero-order valence-corrected chi connectivity index (χ0v) is 32.0. The van der Waals surface area contributed by atoms with Gasteiger partial charge in [-0.2, -0.15) is 0 Å². The summed E-state index contributed by atoms with van der Waals surface area (Å²) in [7, 11) is -2.82. The average Bonchev–Trinajstić information content (AvgIpc) is 3.57. The van der Waals surface area contributed by atoms with Gasteiger partial charge in [-0.1, -0.05) is 210 Å². The van der Waals surface area contributed by atoms with E-state index in [0.29, 0.717) is 0 Å². The van der Waals surface area contributed by atoms with Crippen LogP contribution in [0.1, 0.15) is 25.0 Å². The summed E-state index contributed by atoms with van der Waals surface area (Å²) < 4.78 is 2.46. The predicted octanol–water partition coefficient (Wildman–Crippen LogP) is 4.46. The van der Waals surface area contributed by atoms with Crippen LogP contribution in [0.5, 0.6) is 0 Å². The van der Waals surface area contributed by atoms with Crippen LogP contribution in [0.3, 0.4) is 0 Å². The lowest BCUT2D eigenvalue weighted by Gasteiger charge is -2.51. The van der Waals surface area contributed by atoms with Gasteiger partial charge in [-0.15, -0.1) is 0 Å². The summed E-state index contributed by atoms with van der Waals surface area (Å²) in [6.45, 7) is 5.19. The molecular weight excluding hydrogens is 676 g/mol. The van der Waals surface area contributed by atoms with E-state index in [1.165, 1.54) is 81.5 Å². The molecule has 256 valence electrons. The topological polar surface area (TPSA) is 4.93 Å². The fourth-order valence-electron chi connectivity index (χ4n) is 11.4. The molecule has 8 aromatic carbocycles. The highest BCUT2D eigenvalue weighted by molar-refractivity contribution is 7.31. The van der Waals surface area contributed by atoms with Crippen LogP contribution >= 0.6 is 0 Å². The van der Waals surface area contributed by atoms with Crippen molar-refractivity contribution in [2.45, 2.75) is 19.3 Å². The zero-order valence-electron chi connectivity index (χ0n) is 31.0. The summed E-state index contributed by atoms with van der Waals surface area (Å²) in [5, 5.41) is 8.73. The number of nitrogens with zero attached hydrogens (tertiary/aromatic N) is 1. The molecule has 12 rings (SSSR count). The smallest absolute Gasteiger partial charge is 0.241 e. The van der Waals surface area contributed by atoms with Crippen molar-refractivity contribution in [2.75, 3.05) is 0 Å². The Morgan fingerprint density at radius 2 is 0.945 bits per heavy atom. The first-order valence-electron chi connectivity index (χ1n) is 19.7. The van der Waals surface area contributed by atoms with E-state index < -0.39 is 8.07 Å². The van der Waals surface area contributed by atoms with E-state index in [0.717, 1.165) is 0 Å².